The van der Waals surface area contributed by atoms with Gasteiger partial charge in [0, 0.05) is 26.0 Å². The Labute approximate surface area is 141 Å². The number of rotatable bonds is 5. The zero-order valence-corrected chi connectivity index (χ0v) is 14.5. The highest BCUT2D eigenvalue weighted by Gasteiger charge is 2.31. The van der Waals surface area contributed by atoms with E-state index < -0.39 is 18.6 Å². The molecule has 1 aromatic heterocycles. The fraction of sp³-hybridized carbons (Fsp3) is 0.538. The molecule has 0 aromatic carbocycles. The van der Waals surface area contributed by atoms with E-state index in [2.05, 4.69) is 10.3 Å². The summed E-state index contributed by atoms with van der Waals surface area (Å²) in [4.78, 5) is 19.1. The Morgan fingerprint density at radius 1 is 1.35 bits per heavy atom. The zero-order valence-electron chi connectivity index (χ0n) is 12.9. The number of alkyl halides is 3. The topological polar surface area (TPSA) is 47.9 Å². The average Bonchev–Trinajstić information content (AvgIpc) is 2.82. The van der Waals surface area contributed by atoms with Crippen LogP contribution in [0.3, 0.4) is 0 Å². The molecule has 1 aromatic rings. The SMILES string of the molecule is CN=C(NCC(=O)N(C)CC(F)(F)F)N(C)Cc1ccc(Cl)s1. The van der Waals surface area contributed by atoms with Crippen molar-refractivity contribution < 1.29 is 18.0 Å². The van der Waals surface area contributed by atoms with Crippen LogP contribution in [0.4, 0.5) is 13.2 Å². The number of carbonyl (C=O) groups excluding carboxylic acids is 1. The molecule has 0 saturated carbocycles. The highest BCUT2D eigenvalue weighted by molar-refractivity contribution is 7.16. The third-order valence-electron chi connectivity index (χ3n) is 2.84. The van der Waals surface area contributed by atoms with Crippen molar-refractivity contribution in [1.82, 2.24) is 15.1 Å². The van der Waals surface area contributed by atoms with Crippen LogP contribution >= 0.6 is 22.9 Å². The van der Waals surface area contributed by atoms with Crippen molar-refractivity contribution >= 4 is 34.8 Å². The molecule has 23 heavy (non-hydrogen) atoms. The summed E-state index contributed by atoms with van der Waals surface area (Å²) >= 11 is 7.28. The molecule has 0 atom stereocenters. The van der Waals surface area contributed by atoms with Crippen molar-refractivity contribution in [3.63, 3.8) is 0 Å². The van der Waals surface area contributed by atoms with Crippen LogP contribution in [0.25, 0.3) is 0 Å². The lowest BCUT2D eigenvalue weighted by atomic mass is 10.4. The first-order valence-electron chi connectivity index (χ1n) is 6.59. The molecule has 0 saturated heterocycles. The minimum absolute atomic E-state index is 0.269. The predicted octanol–water partition coefficient (Wildman–Crippen LogP) is 2.43. The molecule has 0 radical (unpaired) electrons. The number of nitrogens with one attached hydrogen (secondary N) is 1. The molecule has 0 aliphatic heterocycles. The van der Waals surface area contributed by atoms with Gasteiger partial charge in [-0.2, -0.15) is 13.2 Å². The van der Waals surface area contributed by atoms with Gasteiger partial charge in [0.1, 0.15) is 6.54 Å². The summed E-state index contributed by atoms with van der Waals surface area (Å²) in [5.41, 5.74) is 0. The Balaban J connectivity index is 2.51. The third kappa shape index (κ3) is 7.08. The first kappa shape index (κ1) is 19.6. The summed E-state index contributed by atoms with van der Waals surface area (Å²) in [6.07, 6.45) is -4.42. The Kier molecular flexibility index (Phi) is 7.14. The van der Waals surface area contributed by atoms with Crippen molar-refractivity contribution in [3.05, 3.63) is 21.3 Å². The molecule has 1 N–H and O–H groups in total. The molecule has 5 nitrogen and oxygen atoms in total. The monoisotopic (exact) mass is 370 g/mol. The van der Waals surface area contributed by atoms with Crippen LogP contribution in [-0.4, -0.2) is 62.1 Å². The lowest BCUT2D eigenvalue weighted by Gasteiger charge is -2.23. The second-order valence-corrected chi connectivity index (χ2v) is 6.63. The molecular formula is C13H18ClF3N4OS. The van der Waals surface area contributed by atoms with E-state index in [9.17, 15) is 18.0 Å². The van der Waals surface area contributed by atoms with Crippen LogP contribution in [0.5, 0.6) is 0 Å². The zero-order chi connectivity index (χ0) is 17.6. The molecule has 1 heterocycles. The van der Waals surface area contributed by atoms with Gasteiger partial charge >= 0.3 is 6.18 Å². The van der Waals surface area contributed by atoms with Gasteiger partial charge in [-0.1, -0.05) is 11.6 Å². The Hall–Kier alpha value is -1.48. The first-order valence-corrected chi connectivity index (χ1v) is 7.78. The lowest BCUT2D eigenvalue weighted by Crippen LogP contribution is -2.45. The van der Waals surface area contributed by atoms with Crippen LogP contribution in [0.1, 0.15) is 4.88 Å². The molecule has 0 aliphatic carbocycles. The van der Waals surface area contributed by atoms with Crippen LogP contribution in [0.2, 0.25) is 4.34 Å². The second-order valence-electron chi connectivity index (χ2n) is 4.83. The number of thiophene rings is 1. The molecule has 0 aliphatic rings. The number of likely N-dealkylation sites (N-methyl/N-ethyl adjacent to an activating group) is 1. The van der Waals surface area contributed by atoms with E-state index >= 15 is 0 Å². The normalized spacial score (nSPS) is 12.2. The summed E-state index contributed by atoms with van der Waals surface area (Å²) < 4.78 is 37.4. The maximum Gasteiger partial charge on any atom is 0.406 e. The van der Waals surface area contributed by atoms with Crippen LogP contribution in [0.15, 0.2) is 17.1 Å². The number of amides is 1. The molecule has 1 rings (SSSR count). The fourth-order valence-electron chi connectivity index (χ4n) is 1.78. The summed E-state index contributed by atoms with van der Waals surface area (Å²) in [5.74, 6) is -0.265. The highest BCUT2D eigenvalue weighted by Crippen LogP contribution is 2.22. The summed E-state index contributed by atoms with van der Waals surface area (Å²) in [6, 6.07) is 3.65. The predicted molar refractivity (Wildman–Crippen MR) is 85.8 cm³/mol. The molecular weight excluding hydrogens is 353 g/mol. The van der Waals surface area contributed by atoms with Gasteiger partial charge < -0.3 is 15.1 Å². The summed E-state index contributed by atoms with van der Waals surface area (Å²) in [7, 11) is 4.40. The average molecular weight is 371 g/mol. The van der Waals surface area contributed by atoms with Crippen LogP contribution < -0.4 is 5.32 Å². The largest absolute Gasteiger partial charge is 0.406 e. The number of guanidine groups is 1. The van der Waals surface area contributed by atoms with Crippen molar-refractivity contribution in [2.75, 3.05) is 34.2 Å². The molecule has 0 fully saturated rings. The summed E-state index contributed by atoms with van der Waals surface area (Å²) in [5, 5.41) is 2.75. The van der Waals surface area contributed by atoms with Crippen molar-refractivity contribution in [2.45, 2.75) is 12.7 Å². The van der Waals surface area contributed by atoms with Gasteiger partial charge in [0.25, 0.3) is 0 Å². The van der Waals surface area contributed by atoms with E-state index in [1.165, 1.54) is 18.4 Å². The van der Waals surface area contributed by atoms with Gasteiger partial charge in [-0.3, -0.25) is 9.79 Å². The minimum atomic E-state index is -4.42. The van der Waals surface area contributed by atoms with Gasteiger partial charge in [-0.25, -0.2) is 0 Å². The van der Waals surface area contributed by atoms with E-state index in [1.54, 1.807) is 18.0 Å². The Bertz CT molecular complexity index is 562. The molecule has 1 amide bonds. The van der Waals surface area contributed by atoms with Crippen molar-refractivity contribution in [2.24, 2.45) is 4.99 Å². The second kappa shape index (κ2) is 8.39. The van der Waals surface area contributed by atoms with Gasteiger partial charge in [0.05, 0.1) is 17.4 Å². The quantitative estimate of drug-likeness (QED) is 0.639. The van der Waals surface area contributed by atoms with Crippen LogP contribution in [-0.2, 0) is 11.3 Å². The number of carbonyl (C=O) groups is 1. The number of hydrogen-bond acceptors (Lipinski definition) is 3. The van der Waals surface area contributed by atoms with Gasteiger partial charge in [0.15, 0.2) is 5.96 Å². The number of halogens is 4. The maximum atomic E-state index is 12.2. The van der Waals surface area contributed by atoms with E-state index in [1.807, 2.05) is 6.07 Å². The molecule has 0 spiro atoms. The minimum Gasteiger partial charge on any atom is -0.347 e. The fourth-order valence-corrected chi connectivity index (χ4v) is 2.92. The lowest BCUT2D eigenvalue weighted by molar-refractivity contribution is -0.157. The standard InChI is InChI=1S/C13H18ClF3N4OS/c1-18-12(20(2)7-9-4-5-10(14)23-9)19-6-11(22)21(3)8-13(15,16)17/h4-5H,6-8H2,1-3H3,(H,18,19). The maximum absolute atomic E-state index is 12.2. The van der Waals surface area contributed by atoms with Crippen molar-refractivity contribution in [3.8, 4) is 0 Å². The van der Waals surface area contributed by atoms with E-state index in [-0.39, 0.29) is 6.54 Å². The van der Waals surface area contributed by atoms with E-state index in [0.29, 0.717) is 21.7 Å². The van der Waals surface area contributed by atoms with Crippen LogP contribution in [0, 0.1) is 0 Å². The third-order valence-corrected chi connectivity index (χ3v) is 4.05. The number of nitrogens with zero attached hydrogens (tertiary/aromatic N) is 3. The Morgan fingerprint density at radius 2 is 2.00 bits per heavy atom. The smallest absolute Gasteiger partial charge is 0.347 e. The molecule has 10 heteroatoms. The molecule has 0 bridgehead atoms. The summed E-state index contributed by atoms with van der Waals surface area (Å²) in [6.45, 7) is -1.03. The first-order chi connectivity index (χ1) is 10.6. The van der Waals surface area contributed by atoms with Gasteiger partial charge in [-0.15, -0.1) is 11.3 Å². The van der Waals surface area contributed by atoms with E-state index in [4.69, 9.17) is 11.6 Å². The van der Waals surface area contributed by atoms with Gasteiger partial charge in [0.2, 0.25) is 5.91 Å². The highest BCUT2D eigenvalue weighted by atomic mass is 35.5. The van der Waals surface area contributed by atoms with Gasteiger partial charge in [-0.05, 0) is 12.1 Å². The molecule has 130 valence electrons. The molecule has 0 unspecified atom stereocenters. The van der Waals surface area contributed by atoms with Crippen molar-refractivity contribution in [1.29, 1.82) is 0 Å². The number of hydrogen-bond donors (Lipinski definition) is 1. The van der Waals surface area contributed by atoms with E-state index in [0.717, 1.165) is 11.9 Å². The number of aliphatic imine (C=N–C) groups is 1. The Morgan fingerprint density at radius 3 is 2.48 bits per heavy atom.